The Bertz CT molecular complexity index is 571. The summed E-state index contributed by atoms with van der Waals surface area (Å²) in [5.74, 6) is 0.630. The highest BCUT2D eigenvalue weighted by Crippen LogP contribution is 2.32. The molecule has 1 aromatic heterocycles. The Balaban J connectivity index is 2.21. The predicted octanol–water partition coefficient (Wildman–Crippen LogP) is 3.67. The molecule has 0 amide bonds. The molecule has 108 valence electrons. The Labute approximate surface area is 127 Å². The molecule has 0 bridgehead atoms. The van der Waals surface area contributed by atoms with E-state index in [2.05, 4.69) is 9.36 Å². The fraction of sp³-hybridized carbons (Fsp3) is 0.429. The van der Waals surface area contributed by atoms with Gasteiger partial charge in [-0.3, -0.25) is 0 Å². The third-order valence-electron chi connectivity index (χ3n) is 2.99. The van der Waals surface area contributed by atoms with Gasteiger partial charge >= 0.3 is 0 Å². The SMILES string of the molecule is CCc1nsc(Sc2ccc(F)cc2CC(N)CC)n1. The molecule has 2 aromatic rings. The minimum absolute atomic E-state index is 0.0526. The van der Waals surface area contributed by atoms with Crippen molar-refractivity contribution in [1.29, 1.82) is 0 Å². The highest BCUT2D eigenvalue weighted by atomic mass is 32.2. The van der Waals surface area contributed by atoms with Crippen LogP contribution in [-0.2, 0) is 12.8 Å². The lowest BCUT2D eigenvalue weighted by Gasteiger charge is -2.12. The molecule has 6 heteroatoms. The van der Waals surface area contributed by atoms with Crippen molar-refractivity contribution in [3.63, 3.8) is 0 Å². The Hall–Kier alpha value is -0.980. The maximum Gasteiger partial charge on any atom is 0.174 e. The molecule has 0 aliphatic rings. The van der Waals surface area contributed by atoms with Crippen LogP contribution < -0.4 is 5.73 Å². The Kier molecular flexibility index (Phi) is 5.51. The molecule has 3 nitrogen and oxygen atoms in total. The quantitative estimate of drug-likeness (QED) is 0.884. The van der Waals surface area contributed by atoms with Crippen molar-refractivity contribution in [2.75, 3.05) is 0 Å². The van der Waals surface area contributed by atoms with Gasteiger partial charge in [-0.15, -0.1) is 0 Å². The largest absolute Gasteiger partial charge is 0.327 e. The topological polar surface area (TPSA) is 51.8 Å². The lowest BCUT2D eigenvalue weighted by Crippen LogP contribution is -2.21. The fourth-order valence-corrected chi connectivity index (χ4v) is 3.53. The van der Waals surface area contributed by atoms with Crippen LogP contribution in [0.15, 0.2) is 27.4 Å². The number of benzene rings is 1. The maximum atomic E-state index is 13.4. The summed E-state index contributed by atoms with van der Waals surface area (Å²) in [5.41, 5.74) is 6.93. The van der Waals surface area contributed by atoms with Gasteiger partial charge in [0.2, 0.25) is 0 Å². The second-order valence-corrected chi connectivity index (χ2v) is 6.60. The molecule has 2 rings (SSSR count). The lowest BCUT2D eigenvalue weighted by atomic mass is 10.0. The van der Waals surface area contributed by atoms with Gasteiger partial charge in [-0.25, -0.2) is 9.37 Å². The number of nitrogens with zero attached hydrogens (tertiary/aromatic N) is 2. The first kappa shape index (κ1) is 15.4. The van der Waals surface area contributed by atoms with Crippen LogP contribution in [0.4, 0.5) is 4.39 Å². The first-order valence-electron chi connectivity index (χ1n) is 6.66. The Morgan fingerprint density at radius 1 is 1.40 bits per heavy atom. The van der Waals surface area contributed by atoms with Crippen molar-refractivity contribution in [2.24, 2.45) is 5.73 Å². The molecule has 0 spiro atoms. The summed E-state index contributed by atoms with van der Waals surface area (Å²) in [7, 11) is 0. The maximum absolute atomic E-state index is 13.4. The molecule has 2 N–H and O–H groups in total. The van der Waals surface area contributed by atoms with Crippen molar-refractivity contribution < 1.29 is 4.39 Å². The standard InChI is InChI=1S/C14H18FN3S2/c1-3-11(16)8-9-7-10(15)5-6-12(9)19-14-17-13(4-2)18-20-14/h5-7,11H,3-4,8,16H2,1-2H3. The van der Waals surface area contributed by atoms with Gasteiger partial charge in [0.05, 0.1) is 0 Å². The van der Waals surface area contributed by atoms with Crippen LogP contribution in [0.5, 0.6) is 0 Å². The van der Waals surface area contributed by atoms with Crippen molar-refractivity contribution in [2.45, 2.75) is 48.4 Å². The second kappa shape index (κ2) is 7.15. The van der Waals surface area contributed by atoms with Crippen LogP contribution in [0.2, 0.25) is 0 Å². The third kappa shape index (κ3) is 4.01. The molecule has 0 aliphatic carbocycles. The molecule has 0 saturated heterocycles. The van der Waals surface area contributed by atoms with E-state index in [9.17, 15) is 4.39 Å². The summed E-state index contributed by atoms with van der Waals surface area (Å²) in [6, 6.07) is 4.90. The van der Waals surface area contributed by atoms with Gasteiger partial charge < -0.3 is 5.73 Å². The molecule has 0 aliphatic heterocycles. The lowest BCUT2D eigenvalue weighted by molar-refractivity contribution is 0.609. The molecule has 0 saturated carbocycles. The van der Waals surface area contributed by atoms with E-state index >= 15 is 0 Å². The first-order chi connectivity index (χ1) is 9.62. The molecule has 20 heavy (non-hydrogen) atoms. The van der Waals surface area contributed by atoms with Gasteiger partial charge in [-0.1, -0.05) is 25.6 Å². The molecular weight excluding hydrogens is 293 g/mol. The zero-order chi connectivity index (χ0) is 14.5. The smallest absolute Gasteiger partial charge is 0.174 e. The van der Waals surface area contributed by atoms with Crippen molar-refractivity contribution in [1.82, 2.24) is 9.36 Å². The number of hydrogen-bond donors (Lipinski definition) is 1. The molecule has 0 radical (unpaired) electrons. The van der Waals surface area contributed by atoms with Crippen LogP contribution in [0.25, 0.3) is 0 Å². The van der Waals surface area contributed by atoms with E-state index in [0.29, 0.717) is 6.42 Å². The Morgan fingerprint density at radius 2 is 2.20 bits per heavy atom. The summed E-state index contributed by atoms with van der Waals surface area (Å²) < 4.78 is 18.6. The van der Waals surface area contributed by atoms with E-state index < -0.39 is 0 Å². The zero-order valence-electron chi connectivity index (χ0n) is 11.6. The average molecular weight is 311 g/mol. The van der Waals surface area contributed by atoms with Crippen LogP contribution in [0.1, 0.15) is 31.7 Å². The minimum atomic E-state index is -0.223. The van der Waals surface area contributed by atoms with E-state index in [1.54, 1.807) is 12.1 Å². The Morgan fingerprint density at radius 3 is 2.85 bits per heavy atom. The predicted molar refractivity (Wildman–Crippen MR) is 81.8 cm³/mol. The third-order valence-corrected chi connectivity index (χ3v) is 4.90. The number of nitrogens with two attached hydrogens (primary N) is 1. The van der Waals surface area contributed by atoms with Gasteiger partial charge in [0.25, 0.3) is 0 Å². The van der Waals surface area contributed by atoms with Crippen LogP contribution in [0, 0.1) is 5.82 Å². The monoisotopic (exact) mass is 311 g/mol. The van der Waals surface area contributed by atoms with Crippen LogP contribution in [0.3, 0.4) is 0 Å². The van der Waals surface area contributed by atoms with Crippen molar-refractivity contribution in [3.05, 3.63) is 35.4 Å². The fourth-order valence-electron chi connectivity index (χ4n) is 1.75. The number of aromatic nitrogens is 2. The molecule has 1 aromatic carbocycles. The van der Waals surface area contributed by atoms with Crippen molar-refractivity contribution in [3.8, 4) is 0 Å². The average Bonchev–Trinajstić information content (AvgIpc) is 2.89. The van der Waals surface area contributed by atoms with Crippen LogP contribution in [-0.4, -0.2) is 15.4 Å². The first-order valence-corrected chi connectivity index (χ1v) is 8.25. The second-order valence-electron chi connectivity index (χ2n) is 4.56. The summed E-state index contributed by atoms with van der Waals surface area (Å²) >= 11 is 2.92. The highest BCUT2D eigenvalue weighted by molar-refractivity contribution is 8.01. The molecule has 1 unspecified atom stereocenters. The van der Waals surface area contributed by atoms with Crippen molar-refractivity contribution >= 4 is 23.3 Å². The van der Waals surface area contributed by atoms with E-state index in [0.717, 1.165) is 33.5 Å². The number of aryl methyl sites for hydroxylation is 1. The van der Waals surface area contributed by atoms with E-state index in [1.165, 1.54) is 29.4 Å². The van der Waals surface area contributed by atoms with Crippen LogP contribution >= 0.6 is 23.3 Å². The van der Waals surface area contributed by atoms with E-state index in [1.807, 2.05) is 13.8 Å². The number of hydrogen-bond acceptors (Lipinski definition) is 5. The van der Waals surface area contributed by atoms with Gasteiger partial charge in [0.15, 0.2) is 4.34 Å². The van der Waals surface area contributed by atoms with Gasteiger partial charge in [0.1, 0.15) is 11.6 Å². The van der Waals surface area contributed by atoms with Gasteiger partial charge in [0, 0.05) is 17.4 Å². The van der Waals surface area contributed by atoms with E-state index in [-0.39, 0.29) is 11.9 Å². The molecular formula is C14H18FN3S2. The normalized spacial score (nSPS) is 12.6. The molecule has 1 atom stereocenters. The summed E-state index contributed by atoms with van der Waals surface area (Å²) in [6.07, 6.45) is 2.38. The zero-order valence-corrected chi connectivity index (χ0v) is 13.2. The van der Waals surface area contributed by atoms with Gasteiger partial charge in [-0.2, -0.15) is 4.37 Å². The summed E-state index contributed by atoms with van der Waals surface area (Å²) in [5, 5.41) is 0. The summed E-state index contributed by atoms with van der Waals surface area (Å²) in [6.45, 7) is 4.06. The highest BCUT2D eigenvalue weighted by Gasteiger charge is 2.12. The van der Waals surface area contributed by atoms with Gasteiger partial charge in [-0.05, 0) is 48.1 Å². The molecule has 0 fully saturated rings. The minimum Gasteiger partial charge on any atom is -0.327 e. The summed E-state index contributed by atoms with van der Waals surface area (Å²) in [4.78, 5) is 5.44. The molecule has 1 heterocycles. The van der Waals surface area contributed by atoms with E-state index in [4.69, 9.17) is 5.73 Å². The number of rotatable bonds is 6. The number of halogens is 1.